The van der Waals surface area contributed by atoms with Crippen LogP contribution in [0.15, 0.2) is 30.4 Å². The Kier molecular flexibility index (Phi) is 6.74. The van der Waals surface area contributed by atoms with Crippen LogP contribution in [-0.2, 0) is 20.9 Å². The van der Waals surface area contributed by atoms with Gasteiger partial charge in [0.25, 0.3) is 0 Å². The second-order valence-corrected chi connectivity index (χ2v) is 8.50. The van der Waals surface area contributed by atoms with Crippen LogP contribution in [-0.4, -0.2) is 43.6 Å². The number of ether oxygens (including phenoxy) is 3. The predicted octanol–water partition coefficient (Wildman–Crippen LogP) is 3.69. The molecular formula is C24H33NO5. The highest BCUT2D eigenvalue weighted by molar-refractivity contribution is 5.86. The molecule has 1 aromatic rings. The first-order valence-electron chi connectivity index (χ1n) is 10.7. The highest BCUT2D eigenvalue weighted by Crippen LogP contribution is 2.47. The van der Waals surface area contributed by atoms with E-state index in [0.29, 0.717) is 24.7 Å². The van der Waals surface area contributed by atoms with E-state index in [-0.39, 0.29) is 47.5 Å². The Hall–Kier alpha value is -2.50. The minimum Gasteiger partial charge on any atom is -0.497 e. The number of benzene rings is 1. The number of esters is 1. The fourth-order valence-electron chi connectivity index (χ4n) is 5.10. The van der Waals surface area contributed by atoms with Crippen LogP contribution in [0, 0.1) is 29.6 Å². The maximum Gasteiger partial charge on any atom is 0.309 e. The largest absolute Gasteiger partial charge is 0.497 e. The standard InChI is InChI=1S/C24H33NO5/c1-7-30-24(27)20-15(4)8-11-18-21(20)22(14(2)3)25(23(18)26)13-16-9-10-17(28-5)12-19(16)29-6/h8-12,14-15,18,20-22H,7,13H2,1-6H3/t15-,18+,20+,21+,22+/m1/s1. The molecule has 3 rings (SSSR count). The van der Waals surface area contributed by atoms with E-state index < -0.39 is 0 Å². The normalized spacial score (nSPS) is 27.9. The summed E-state index contributed by atoms with van der Waals surface area (Å²) in [7, 11) is 3.23. The van der Waals surface area contributed by atoms with Crippen molar-refractivity contribution in [1.29, 1.82) is 0 Å². The lowest BCUT2D eigenvalue weighted by molar-refractivity contribution is -0.153. The Balaban J connectivity index is 1.98. The van der Waals surface area contributed by atoms with Crippen LogP contribution < -0.4 is 9.47 Å². The Bertz CT molecular complexity index is 818. The minimum atomic E-state index is -0.320. The van der Waals surface area contributed by atoms with Crippen molar-refractivity contribution < 1.29 is 23.8 Å². The zero-order chi connectivity index (χ0) is 22.0. The number of likely N-dealkylation sites (tertiary alicyclic amines) is 1. The molecule has 0 radical (unpaired) electrons. The lowest BCUT2D eigenvalue weighted by Crippen LogP contribution is -2.44. The summed E-state index contributed by atoms with van der Waals surface area (Å²) in [6.07, 6.45) is 3.99. The molecule has 1 amide bonds. The average Bonchev–Trinajstić information content (AvgIpc) is 3.00. The van der Waals surface area contributed by atoms with Gasteiger partial charge in [0.15, 0.2) is 0 Å². The van der Waals surface area contributed by atoms with Crippen molar-refractivity contribution in [2.24, 2.45) is 29.6 Å². The van der Waals surface area contributed by atoms with Crippen LogP contribution in [0.2, 0.25) is 0 Å². The Morgan fingerprint density at radius 1 is 1.17 bits per heavy atom. The van der Waals surface area contributed by atoms with E-state index in [1.165, 1.54) is 0 Å². The van der Waals surface area contributed by atoms with Crippen molar-refractivity contribution >= 4 is 11.9 Å². The zero-order valence-electron chi connectivity index (χ0n) is 18.8. The van der Waals surface area contributed by atoms with E-state index in [2.05, 4.69) is 13.8 Å². The minimum absolute atomic E-state index is 0.0369. The number of hydrogen-bond donors (Lipinski definition) is 0. The van der Waals surface area contributed by atoms with Crippen LogP contribution in [0.4, 0.5) is 0 Å². The highest BCUT2D eigenvalue weighted by Gasteiger charge is 2.55. The van der Waals surface area contributed by atoms with Crippen LogP contribution in [0.25, 0.3) is 0 Å². The fourth-order valence-corrected chi connectivity index (χ4v) is 5.10. The molecule has 1 heterocycles. The number of hydrogen-bond acceptors (Lipinski definition) is 5. The monoisotopic (exact) mass is 415 g/mol. The number of nitrogens with zero attached hydrogens (tertiary/aromatic N) is 1. The molecule has 6 nitrogen and oxygen atoms in total. The molecule has 0 saturated carbocycles. The molecule has 1 saturated heterocycles. The number of fused-ring (bicyclic) bond motifs is 1. The molecule has 0 bridgehead atoms. The molecule has 1 aliphatic carbocycles. The fraction of sp³-hybridized carbons (Fsp3) is 0.583. The highest BCUT2D eigenvalue weighted by atomic mass is 16.5. The van der Waals surface area contributed by atoms with E-state index >= 15 is 0 Å². The first kappa shape index (κ1) is 22.2. The van der Waals surface area contributed by atoms with Gasteiger partial charge < -0.3 is 19.1 Å². The van der Waals surface area contributed by atoms with Crippen molar-refractivity contribution in [3.05, 3.63) is 35.9 Å². The van der Waals surface area contributed by atoms with Crippen molar-refractivity contribution in [1.82, 2.24) is 4.90 Å². The van der Waals surface area contributed by atoms with Gasteiger partial charge in [-0.15, -0.1) is 0 Å². The molecule has 1 fully saturated rings. The van der Waals surface area contributed by atoms with Crippen LogP contribution >= 0.6 is 0 Å². The summed E-state index contributed by atoms with van der Waals surface area (Å²) < 4.78 is 16.2. The van der Waals surface area contributed by atoms with Gasteiger partial charge in [-0.05, 0) is 30.9 Å². The lowest BCUT2D eigenvalue weighted by atomic mass is 9.68. The van der Waals surface area contributed by atoms with E-state index in [1.54, 1.807) is 14.2 Å². The molecule has 1 aromatic carbocycles. The molecule has 1 aliphatic heterocycles. The second-order valence-electron chi connectivity index (χ2n) is 8.50. The third kappa shape index (κ3) is 3.92. The smallest absolute Gasteiger partial charge is 0.309 e. The maximum atomic E-state index is 13.5. The van der Waals surface area contributed by atoms with E-state index in [1.807, 2.05) is 49.1 Å². The van der Waals surface area contributed by atoms with E-state index in [0.717, 1.165) is 5.56 Å². The van der Waals surface area contributed by atoms with Gasteiger partial charge in [0, 0.05) is 30.1 Å². The summed E-state index contributed by atoms with van der Waals surface area (Å²) in [5.41, 5.74) is 0.917. The van der Waals surface area contributed by atoms with Gasteiger partial charge in [0.1, 0.15) is 11.5 Å². The van der Waals surface area contributed by atoms with Gasteiger partial charge in [-0.25, -0.2) is 0 Å². The SMILES string of the molecule is CCOC(=O)[C@@H]1[C@@H]2[C@H](C=C[C@H]1C)C(=O)N(Cc1ccc(OC)cc1OC)[C@H]2C(C)C. The molecular weight excluding hydrogens is 382 g/mol. The van der Waals surface area contributed by atoms with Crippen LogP contribution in [0.3, 0.4) is 0 Å². The molecule has 164 valence electrons. The van der Waals surface area contributed by atoms with Gasteiger partial charge >= 0.3 is 5.97 Å². The van der Waals surface area contributed by atoms with Gasteiger partial charge in [0.2, 0.25) is 5.91 Å². The van der Waals surface area contributed by atoms with Crippen molar-refractivity contribution in [3.8, 4) is 11.5 Å². The third-order valence-electron chi connectivity index (χ3n) is 6.42. The van der Waals surface area contributed by atoms with Gasteiger partial charge in [0.05, 0.1) is 32.7 Å². The van der Waals surface area contributed by atoms with Gasteiger partial charge in [-0.1, -0.05) is 32.9 Å². The Labute approximate surface area is 179 Å². The van der Waals surface area contributed by atoms with E-state index in [9.17, 15) is 9.59 Å². The summed E-state index contributed by atoms with van der Waals surface area (Å²) in [6.45, 7) is 8.86. The Morgan fingerprint density at radius 3 is 2.50 bits per heavy atom. The average molecular weight is 416 g/mol. The number of allylic oxidation sites excluding steroid dienone is 1. The molecule has 0 aromatic heterocycles. The summed E-state index contributed by atoms with van der Waals surface area (Å²) in [6, 6.07) is 5.58. The predicted molar refractivity (Wildman–Crippen MR) is 114 cm³/mol. The summed E-state index contributed by atoms with van der Waals surface area (Å²) in [5.74, 6) is 0.772. The first-order valence-corrected chi connectivity index (χ1v) is 10.7. The Morgan fingerprint density at radius 2 is 1.90 bits per heavy atom. The van der Waals surface area contributed by atoms with E-state index in [4.69, 9.17) is 14.2 Å². The quantitative estimate of drug-likeness (QED) is 0.502. The van der Waals surface area contributed by atoms with Crippen molar-refractivity contribution in [2.45, 2.75) is 40.3 Å². The number of amides is 1. The van der Waals surface area contributed by atoms with Gasteiger partial charge in [-0.3, -0.25) is 9.59 Å². The van der Waals surface area contributed by atoms with Crippen LogP contribution in [0.1, 0.15) is 33.3 Å². The topological polar surface area (TPSA) is 65.1 Å². The molecule has 0 N–H and O–H groups in total. The van der Waals surface area contributed by atoms with Crippen molar-refractivity contribution in [2.75, 3.05) is 20.8 Å². The summed E-state index contributed by atoms with van der Waals surface area (Å²) in [5, 5.41) is 0. The molecule has 5 atom stereocenters. The second kappa shape index (κ2) is 9.11. The molecule has 30 heavy (non-hydrogen) atoms. The number of rotatable bonds is 7. The number of carbonyl (C=O) groups excluding carboxylic acids is 2. The molecule has 2 aliphatic rings. The number of methoxy groups -OCH3 is 2. The lowest BCUT2D eigenvalue weighted by Gasteiger charge is -2.38. The third-order valence-corrected chi connectivity index (χ3v) is 6.42. The zero-order valence-corrected chi connectivity index (χ0v) is 18.8. The van der Waals surface area contributed by atoms with Gasteiger partial charge in [-0.2, -0.15) is 0 Å². The maximum absolute atomic E-state index is 13.5. The molecule has 0 unspecified atom stereocenters. The first-order chi connectivity index (χ1) is 14.3. The molecule has 0 spiro atoms. The van der Waals surface area contributed by atoms with Crippen molar-refractivity contribution in [3.63, 3.8) is 0 Å². The number of carbonyl (C=O) groups is 2. The van der Waals surface area contributed by atoms with Crippen LogP contribution in [0.5, 0.6) is 11.5 Å². The summed E-state index contributed by atoms with van der Waals surface area (Å²) in [4.78, 5) is 28.2. The molecule has 6 heteroatoms. The summed E-state index contributed by atoms with van der Waals surface area (Å²) >= 11 is 0.